The van der Waals surface area contributed by atoms with Crippen LogP contribution in [0.5, 0.6) is 0 Å². The number of ether oxygens (including phenoxy) is 2. The van der Waals surface area contributed by atoms with Crippen LogP contribution in [0.1, 0.15) is 32.1 Å². The third-order valence-corrected chi connectivity index (χ3v) is 6.06. The van der Waals surface area contributed by atoms with E-state index in [0.717, 1.165) is 28.0 Å². The summed E-state index contributed by atoms with van der Waals surface area (Å²) < 4.78 is 11.1. The summed E-state index contributed by atoms with van der Waals surface area (Å²) in [5.74, 6) is 0.672. The standard InChI is InChI=1S/C22H29BrN4O4/c1-13(2)19(26-22(29)31-4)21(28)27-11-14(12-30-3)9-18(27)20-24-10-17(25-20)15-5-7-16(23)8-6-15/h5-8,10,13-14,18-19H,9,11-12H2,1-4H3,(H,24,25)(H,26,29)/t14?,18-,19-/m0/s1. The minimum Gasteiger partial charge on any atom is -0.453 e. The number of nitrogens with one attached hydrogen (secondary N) is 2. The van der Waals surface area contributed by atoms with Gasteiger partial charge < -0.3 is 24.7 Å². The number of carbonyl (C=O) groups excluding carboxylic acids is 2. The third kappa shape index (κ3) is 5.46. The van der Waals surface area contributed by atoms with Gasteiger partial charge in [-0.05, 0) is 30.0 Å². The highest BCUT2D eigenvalue weighted by Crippen LogP contribution is 2.36. The molecule has 2 aromatic rings. The molecule has 0 aliphatic carbocycles. The predicted molar refractivity (Wildman–Crippen MR) is 120 cm³/mol. The van der Waals surface area contributed by atoms with E-state index in [1.54, 1.807) is 18.2 Å². The molecule has 1 aromatic heterocycles. The molecule has 1 fully saturated rings. The Morgan fingerprint density at radius 2 is 2.00 bits per heavy atom. The van der Waals surface area contributed by atoms with E-state index in [9.17, 15) is 9.59 Å². The number of halogens is 1. The second kappa shape index (κ2) is 10.3. The number of aromatic nitrogens is 2. The van der Waals surface area contributed by atoms with E-state index in [-0.39, 0.29) is 23.8 Å². The molecule has 31 heavy (non-hydrogen) atoms. The van der Waals surface area contributed by atoms with Gasteiger partial charge in [-0.3, -0.25) is 4.79 Å². The molecule has 0 saturated carbocycles. The van der Waals surface area contributed by atoms with Crippen LogP contribution in [0.25, 0.3) is 11.3 Å². The van der Waals surface area contributed by atoms with Crippen molar-refractivity contribution in [1.29, 1.82) is 0 Å². The minimum absolute atomic E-state index is 0.0938. The Kier molecular flexibility index (Phi) is 7.72. The lowest BCUT2D eigenvalue weighted by Gasteiger charge is -2.30. The molecule has 3 rings (SSSR count). The molecule has 2 heterocycles. The number of carbonyl (C=O) groups is 2. The summed E-state index contributed by atoms with van der Waals surface area (Å²) >= 11 is 3.45. The topological polar surface area (TPSA) is 96.5 Å². The van der Waals surface area contributed by atoms with E-state index in [4.69, 9.17) is 9.47 Å². The Bertz CT molecular complexity index is 899. The van der Waals surface area contributed by atoms with Crippen molar-refractivity contribution in [3.63, 3.8) is 0 Å². The van der Waals surface area contributed by atoms with Gasteiger partial charge in [0.2, 0.25) is 5.91 Å². The summed E-state index contributed by atoms with van der Waals surface area (Å²) in [6.45, 7) is 4.89. The molecular weight excluding hydrogens is 464 g/mol. The molecule has 168 valence electrons. The number of nitrogens with zero attached hydrogens (tertiary/aromatic N) is 2. The van der Waals surface area contributed by atoms with Crippen molar-refractivity contribution in [2.45, 2.75) is 32.4 Å². The molecular formula is C22H29BrN4O4. The lowest BCUT2D eigenvalue weighted by atomic mass is 10.0. The number of hydrogen-bond donors (Lipinski definition) is 2. The SMILES string of the molecule is COCC1C[C@@H](c2ncc(-c3ccc(Br)cc3)[nH]2)N(C(=O)[C@@H](NC(=O)OC)C(C)C)C1. The Morgan fingerprint density at radius 3 is 2.61 bits per heavy atom. The number of benzene rings is 1. The number of hydrogen-bond acceptors (Lipinski definition) is 5. The number of H-pyrrole nitrogens is 1. The van der Waals surface area contributed by atoms with Gasteiger partial charge in [-0.25, -0.2) is 9.78 Å². The Hall–Kier alpha value is -2.39. The highest BCUT2D eigenvalue weighted by molar-refractivity contribution is 9.10. The van der Waals surface area contributed by atoms with Crippen LogP contribution in [0.3, 0.4) is 0 Å². The quantitative estimate of drug-likeness (QED) is 0.613. The molecule has 3 atom stereocenters. The summed E-state index contributed by atoms with van der Waals surface area (Å²) in [7, 11) is 2.95. The molecule has 1 unspecified atom stereocenters. The lowest BCUT2D eigenvalue weighted by Crippen LogP contribution is -2.51. The molecule has 0 spiro atoms. The molecule has 2 N–H and O–H groups in total. The van der Waals surface area contributed by atoms with Gasteiger partial charge in [0, 0.05) is 24.0 Å². The van der Waals surface area contributed by atoms with Gasteiger partial charge in [0.15, 0.2) is 0 Å². The maximum Gasteiger partial charge on any atom is 0.407 e. The Balaban J connectivity index is 1.87. The van der Waals surface area contributed by atoms with Crippen LogP contribution in [-0.4, -0.2) is 60.3 Å². The van der Waals surface area contributed by atoms with Gasteiger partial charge in [-0.1, -0.05) is 41.9 Å². The van der Waals surface area contributed by atoms with Crippen LogP contribution >= 0.6 is 15.9 Å². The van der Waals surface area contributed by atoms with E-state index in [1.165, 1.54) is 7.11 Å². The zero-order valence-corrected chi connectivity index (χ0v) is 19.8. The number of rotatable bonds is 7. The lowest BCUT2D eigenvalue weighted by molar-refractivity contribution is -0.135. The Labute approximate surface area is 190 Å². The second-order valence-electron chi connectivity index (χ2n) is 8.11. The summed E-state index contributed by atoms with van der Waals surface area (Å²) in [5.41, 5.74) is 1.90. The molecule has 0 radical (unpaired) electrons. The third-order valence-electron chi connectivity index (χ3n) is 5.53. The first-order valence-electron chi connectivity index (χ1n) is 10.3. The van der Waals surface area contributed by atoms with Crippen LogP contribution in [0.2, 0.25) is 0 Å². The Morgan fingerprint density at radius 1 is 1.29 bits per heavy atom. The van der Waals surface area contributed by atoms with E-state index < -0.39 is 12.1 Å². The fourth-order valence-electron chi connectivity index (χ4n) is 3.94. The summed E-state index contributed by atoms with van der Waals surface area (Å²) in [6.07, 6.45) is 1.90. The van der Waals surface area contributed by atoms with Crippen LogP contribution in [0, 0.1) is 11.8 Å². The van der Waals surface area contributed by atoms with E-state index in [1.807, 2.05) is 38.1 Å². The number of amides is 2. The zero-order chi connectivity index (χ0) is 22.5. The highest BCUT2D eigenvalue weighted by atomic mass is 79.9. The molecule has 1 aliphatic heterocycles. The molecule has 1 aromatic carbocycles. The van der Waals surface area contributed by atoms with Gasteiger partial charge in [0.25, 0.3) is 0 Å². The maximum absolute atomic E-state index is 13.5. The molecule has 0 bridgehead atoms. The van der Waals surface area contributed by atoms with Gasteiger partial charge in [-0.15, -0.1) is 0 Å². The van der Waals surface area contributed by atoms with Gasteiger partial charge in [0.05, 0.1) is 31.6 Å². The van der Waals surface area contributed by atoms with Crippen LogP contribution in [-0.2, 0) is 14.3 Å². The van der Waals surface area contributed by atoms with Crippen molar-refractivity contribution in [3.05, 3.63) is 40.8 Å². The highest BCUT2D eigenvalue weighted by Gasteiger charge is 2.41. The molecule has 2 amide bonds. The first-order chi connectivity index (χ1) is 14.8. The van der Waals surface area contributed by atoms with Crippen LogP contribution < -0.4 is 5.32 Å². The van der Waals surface area contributed by atoms with Crippen molar-refractivity contribution in [1.82, 2.24) is 20.2 Å². The predicted octanol–water partition coefficient (Wildman–Crippen LogP) is 3.76. The van der Waals surface area contributed by atoms with E-state index in [2.05, 4.69) is 31.2 Å². The van der Waals surface area contributed by atoms with Gasteiger partial charge in [0.1, 0.15) is 11.9 Å². The summed E-state index contributed by atoms with van der Waals surface area (Å²) in [4.78, 5) is 35.0. The number of alkyl carbamates (subject to hydrolysis) is 1. The molecule has 9 heteroatoms. The number of methoxy groups -OCH3 is 2. The monoisotopic (exact) mass is 492 g/mol. The second-order valence-corrected chi connectivity index (χ2v) is 9.03. The largest absolute Gasteiger partial charge is 0.453 e. The van der Waals surface area contributed by atoms with Crippen LogP contribution in [0.15, 0.2) is 34.9 Å². The van der Waals surface area contributed by atoms with E-state index in [0.29, 0.717) is 13.2 Å². The molecule has 8 nitrogen and oxygen atoms in total. The van der Waals surface area contributed by atoms with E-state index >= 15 is 0 Å². The average Bonchev–Trinajstić information content (AvgIpc) is 3.39. The van der Waals surface area contributed by atoms with Crippen molar-refractivity contribution in [2.75, 3.05) is 27.4 Å². The fourth-order valence-corrected chi connectivity index (χ4v) is 4.21. The normalized spacial score (nSPS) is 19.5. The number of likely N-dealkylation sites (tertiary alicyclic amines) is 1. The van der Waals surface area contributed by atoms with Crippen molar-refractivity contribution < 1.29 is 19.1 Å². The zero-order valence-electron chi connectivity index (χ0n) is 18.2. The van der Waals surface area contributed by atoms with Crippen LogP contribution in [0.4, 0.5) is 4.79 Å². The maximum atomic E-state index is 13.5. The fraction of sp³-hybridized carbons (Fsp3) is 0.500. The number of imidazole rings is 1. The smallest absolute Gasteiger partial charge is 0.407 e. The summed E-state index contributed by atoms with van der Waals surface area (Å²) in [6, 6.07) is 7.04. The summed E-state index contributed by atoms with van der Waals surface area (Å²) in [5, 5.41) is 2.68. The van der Waals surface area contributed by atoms with Gasteiger partial charge in [-0.2, -0.15) is 0 Å². The van der Waals surface area contributed by atoms with Gasteiger partial charge >= 0.3 is 6.09 Å². The minimum atomic E-state index is -0.683. The molecule has 1 saturated heterocycles. The van der Waals surface area contributed by atoms with Crippen molar-refractivity contribution >= 4 is 27.9 Å². The average molecular weight is 493 g/mol. The first kappa shape index (κ1) is 23.3. The van der Waals surface area contributed by atoms with Crippen molar-refractivity contribution in [3.8, 4) is 11.3 Å². The number of aromatic amines is 1. The molecule has 1 aliphatic rings. The van der Waals surface area contributed by atoms with Crippen molar-refractivity contribution in [2.24, 2.45) is 11.8 Å². The first-order valence-corrected chi connectivity index (χ1v) is 11.1.